The van der Waals surface area contributed by atoms with E-state index in [1.807, 2.05) is 85.6 Å². The van der Waals surface area contributed by atoms with Crippen LogP contribution < -0.4 is 16.9 Å². The van der Waals surface area contributed by atoms with Crippen molar-refractivity contribution in [1.82, 2.24) is 48.5 Å². The quantitative estimate of drug-likeness (QED) is 0.0993. The maximum absolute atomic E-state index is 18.0. The van der Waals surface area contributed by atoms with Gasteiger partial charge in [0.25, 0.3) is 17.0 Å². The Balaban J connectivity index is 1.11. The lowest BCUT2D eigenvalue weighted by molar-refractivity contribution is 0.100. The Morgan fingerprint density at radius 1 is 0.688 bits per heavy atom. The molecule has 4 N–H and O–H groups in total. The number of carbonyl (C=O) groups is 1. The van der Waals surface area contributed by atoms with Gasteiger partial charge in [-0.1, -0.05) is 53.7 Å². The molecule has 408 valence electrons. The molecule has 0 aliphatic heterocycles. The van der Waals surface area contributed by atoms with Crippen molar-refractivity contribution >= 4 is 49.5 Å². The first kappa shape index (κ1) is 54.6. The molecule has 6 heterocycles. The van der Waals surface area contributed by atoms with E-state index in [1.165, 1.54) is 18.5 Å². The Kier molecular flexibility index (Phi) is 13.9. The van der Waals surface area contributed by atoms with Crippen LogP contribution in [0.3, 0.4) is 0 Å². The van der Waals surface area contributed by atoms with Gasteiger partial charge in [0.1, 0.15) is 29.0 Å². The number of aliphatic hydroxyl groups excluding tert-OH is 2. The van der Waals surface area contributed by atoms with Crippen molar-refractivity contribution in [1.29, 1.82) is 5.26 Å². The summed E-state index contributed by atoms with van der Waals surface area (Å²) < 4.78 is 39.3. The average molecular weight is 1080 g/mol. The predicted octanol–water partition coefficient (Wildman–Crippen LogP) is 8.30. The number of nitrogens with zero attached hydrogens (tertiary/aromatic N) is 11. The molecule has 0 fully saturated rings. The molecule has 0 aliphatic carbocycles. The second kappa shape index (κ2) is 20.5. The summed E-state index contributed by atoms with van der Waals surface area (Å²) in [5, 5.41) is 43.0. The van der Waals surface area contributed by atoms with E-state index in [4.69, 9.17) is 15.7 Å². The van der Waals surface area contributed by atoms with E-state index in [9.17, 15) is 29.9 Å². The lowest BCUT2D eigenvalue weighted by atomic mass is 9.80. The highest BCUT2D eigenvalue weighted by Gasteiger charge is 2.29. The third-order valence-electron chi connectivity index (χ3n) is 14.5. The second-order valence-corrected chi connectivity index (χ2v) is 22.8. The van der Waals surface area contributed by atoms with E-state index >= 15 is 8.78 Å². The molecule has 0 radical (unpaired) electrons. The van der Waals surface area contributed by atoms with Gasteiger partial charge in [-0.3, -0.25) is 19.0 Å². The van der Waals surface area contributed by atoms with Gasteiger partial charge in [0.15, 0.2) is 0 Å². The van der Waals surface area contributed by atoms with Crippen LogP contribution in [0.4, 0.5) is 8.78 Å². The van der Waals surface area contributed by atoms with Gasteiger partial charge in [-0.25, -0.2) is 18.7 Å². The van der Waals surface area contributed by atoms with Gasteiger partial charge in [0.05, 0.1) is 81.6 Å². The second-order valence-electron chi connectivity index (χ2n) is 22.8. The zero-order valence-electron chi connectivity index (χ0n) is 46.1. The zero-order valence-corrected chi connectivity index (χ0v) is 46.1. The van der Waals surface area contributed by atoms with Gasteiger partial charge in [-0.15, -0.1) is 0 Å². The van der Waals surface area contributed by atoms with Crippen LogP contribution in [-0.4, -0.2) is 92.8 Å². The summed E-state index contributed by atoms with van der Waals surface area (Å²) in [5.74, 6) is -2.15. The van der Waals surface area contributed by atoms with Crippen LogP contribution in [0.5, 0.6) is 0 Å². The number of carbonyl (C=O) groups excluding carboxylic acids is 1. The first-order valence-corrected chi connectivity index (χ1v) is 25.9. The van der Waals surface area contributed by atoms with Gasteiger partial charge in [0, 0.05) is 64.6 Å². The number of benzene rings is 4. The molecule has 10 aromatic rings. The summed E-state index contributed by atoms with van der Waals surface area (Å²) in [7, 11) is 7.54. The summed E-state index contributed by atoms with van der Waals surface area (Å²) in [5.41, 5.74) is 9.42. The monoisotopic (exact) mass is 1080 g/mol. The van der Waals surface area contributed by atoms with Crippen molar-refractivity contribution in [2.24, 2.45) is 5.73 Å². The summed E-state index contributed by atoms with van der Waals surface area (Å²) in [6.45, 7) is 11.3. The fraction of sp³-hybridized carbons (Fsp3) is 0.279. The van der Waals surface area contributed by atoms with E-state index in [0.29, 0.717) is 73.5 Å². The van der Waals surface area contributed by atoms with Crippen LogP contribution >= 0.6 is 0 Å². The Hall–Kier alpha value is -8.80. The minimum absolute atomic E-state index is 0.0525. The van der Waals surface area contributed by atoms with Gasteiger partial charge >= 0.3 is 0 Å². The SMILES string of the molecule is CN(C)Cc1ccc2c(C(N)=O)cn(-c3cccc(-n4ncc5cc(C(C)(C)C)c(Cc6cc7c(C#N)cn(-c8cccc(-n9ncc%10cc(C(C)(C)C)cc(F)c%10c9=O)c8CO)c7nc6CN(C)C)c(F)c5c4=O)c3CO)c2n1. The molecule has 0 aliphatic rings. The molecular formula is C61H60F2N12O5. The van der Waals surface area contributed by atoms with Crippen LogP contribution in [0.2, 0.25) is 0 Å². The number of hydrogen-bond donors (Lipinski definition) is 3. The Morgan fingerprint density at radius 2 is 1.25 bits per heavy atom. The molecule has 0 atom stereocenters. The third-order valence-corrected chi connectivity index (χ3v) is 14.5. The molecule has 80 heavy (non-hydrogen) atoms. The molecule has 6 aromatic heterocycles. The van der Waals surface area contributed by atoms with Crippen LogP contribution in [0.25, 0.3) is 66.4 Å². The van der Waals surface area contributed by atoms with E-state index in [2.05, 4.69) is 16.3 Å². The van der Waals surface area contributed by atoms with E-state index in [1.54, 1.807) is 82.2 Å². The van der Waals surface area contributed by atoms with Gasteiger partial charge < -0.3 is 30.3 Å². The Labute approximate surface area is 459 Å². The number of rotatable bonds is 13. The average Bonchev–Trinajstić information content (AvgIpc) is 4.00. The molecule has 17 nitrogen and oxygen atoms in total. The highest BCUT2D eigenvalue weighted by Crippen LogP contribution is 2.37. The summed E-state index contributed by atoms with van der Waals surface area (Å²) >= 11 is 0. The molecule has 4 aromatic carbocycles. The maximum atomic E-state index is 18.0. The van der Waals surface area contributed by atoms with Crippen molar-refractivity contribution < 1.29 is 23.8 Å². The number of nitriles is 1. The van der Waals surface area contributed by atoms with Crippen molar-refractivity contribution in [3.05, 3.63) is 186 Å². The predicted molar refractivity (Wildman–Crippen MR) is 304 cm³/mol. The molecule has 0 unspecified atom stereocenters. The number of hydrogen-bond acceptors (Lipinski definition) is 12. The van der Waals surface area contributed by atoms with Crippen LogP contribution in [0.1, 0.15) is 102 Å². The molecule has 10 rings (SSSR count). The Morgan fingerprint density at radius 3 is 1.80 bits per heavy atom. The van der Waals surface area contributed by atoms with Crippen LogP contribution in [0.15, 0.2) is 107 Å². The summed E-state index contributed by atoms with van der Waals surface area (Å²) in [6.07, 6.45) is 5.93. The molecular weight excluding hydrogens is 1020 g/mol. The van der Waals surface area contributed by atoms with E-state index < -0.39 is 52.7 Å². The van der Waals surface area contributed by atoms with Crippen molar-refractivity contribution in [3.8, 4) is 28.8 Å². The smallest absolute Gasteiger partial charge is 0.282 e. The lowest BCUT2D eigenvalue weighted by Crippen LogP contribution is -2.25. The fourth-order valence-electron chi connectivity index (χ4n) is 10.7. The first-order valence-electron chi connectivity index (χ1n) is 25.9. The normalized spacial score (nSPS) is 12.3. The van der Waals surface area contributed by atoms with Gasteiger partial charge in [-0.05, 0) is 122 Å². The number of nitrogens with two attached hydrogens (primary N) is 1. The maximum Gasteiger partial charge on any atom is 0.282 e. The number of aliphatic hydroxyl groups is 2. The third kappa shape index (κ3) is 9.49. The molecule has 0 spiro atoms. The number of amides is 1. The largest absolute Gasteiger partial charge is 0.392 e. The minimum atomic E-state index is -0.788. The van der Waals surface area contributed by atoms with Crippen LogP contribution in [-0.2, 0) is 43.6 Å². The molecule has 0 saturated carbocycles. The number of fused-ring (bicyclic) bond motifs is 4. The molecule has 0 bridgehead atoms. The van der Waals surface area contributed by atoms with Crippen molar-refractivity contribution in [2.75, 3.05) is 28.2 Å². The summed E-state index contributed by atoms with van der Waals surface area (Å²) in [6, 6.07) is 22.5. The minimum Gasteiger partial charge on any atom is -0.392 e. The van der Waals surface area contributed by atoms with Gasteiger partial charge in [0.2, 0.25) is 0 Å². The standard InChI is InChI=1S/C61H60F2N12O5/c1-60(2,3)37-19-34-25-66-74(58(79)52(34)46(62)23-37)50-15-11-13-48(43(50)31-76)72-27-36(24-64)40-20-33(47(30-71(9)10)69-57(40)72)21-41-45(61(4,5)6)22-35-26-67-75(59(80)53(35)54(41)63)51-16-12-14-49(44(51)32-77)73-29-42(55(65)78)39-18-17-38(28-70(7)8)68-56(39)73/h11-20,22-23,25-27,29,76-77H,21,28,30-32H2,1-10H3,(H2,65,78). The lowest BCUT2D eigenvalue weighted by Gasteiger charge is -2.25. The van der Waals surface area contributed by atoms with Crippen molar-refractivity contribution in [3.63, 3.8) is 0 Å². The highest BCUT2D eigenvalue weighted by molar-refractivity contribution is 6.06. The first-order chi connectivity index (χ1) is 37.9. The number of pyridine rings is 2. The summed E-state index contributed by atoms with van der Waals surface area (Å²) in [4.78, 5) is 55.7. The number of primary amides is 1. The van der Waals surface area contributed by atoms with E-state index in [-0.39, 0.29) is 68.3 Å². The fourth-order valence-corrected chi connectivity index (χ4v) is 10.7. The molecule has 0 saturated heterocycles. The van der Waals surface area contributed by atoms with E-state index in [0.717, 1.165) is 9.36 Å². The van der Waals surface area contributed by atoms with Crippen LogP contribution in [0, 0.1) is 23.0 Å². The highest BCUT2D eigenvalue weighted by atomic mass is 19.1. The molecule has 19 heteroatoms. The number of halogens is 2. The Bertz CT molecular complexity index is 4360. The topological polar surface area (TPSA) is 219 Å². The van der Waals surface area contributed by atoms with Gasteiger partial charge in [-0.2, -0.15) is 24.8 Å². The van der Waals surface area contributed by atoms with Crippen molar-refractivity contribution in [2.45, 2.75) is 85.1 Å². The molecule has 1 amide bonds. The zero-order chi connectivity index (χ0) is 57.4. The number of aromatic nitrogens is 8.